The van der Waals surface area contributed by atoms with Gasteiger partial charge in [0.05, 0.1) is 5.71 Å². The molecule has 2 N–H and O–H groups in total. The standard InChI is InChI=1S/C34H34N4O2/c1-4-38(5-2)28-19-14-24(15-20-28)22-31(35-33(39)27-10-7-6-8-11-27)34(40)37-36-23(3)29-21-18-26-17-16-25-12-9-13-30(29)32(25)26/h6-15,18-22H,4-5,16-17H2,1-3H3,(H,35,39)(H,37,40)/b31-22+,36-23+. The van der Waals surface area contributed by atoms with Gasteiger partial charge in [0.2, 0.25) is 0 Å². The van der Waals surface area contributed by atoms with Crippen molar-refractivity contribution < 1.29 is 9.59 Å². The molecule has 6 heteroatoms. The van der Waals surface area contributed by atoms with Gasteiger partial charge in [0, 0.05) is 29.9 Å². The lowest BCUT2D eigenvalue weighted by atomic mass is 9.98. The van der Waals surface area contributed by atoms with Crippen molar-refractivity contribution in [2.24, 2.45) is 5.10 Å². The van der Waals surface area contributed by atoms with Crippen molar-refractivity contribution in [3.8, 4) is 0 Å². The fourth-order valence-corrected chi connectivity index (χ4v) is 5.30. The van der Waals surface area contributed by atoms with Crippen LogP contribution in [0.5, 0.6) is 0 Å². The van der Waals surface area contributed by atoms with E-state index in [4.69, 9.17) is 0 Å². The molecule has 6 nitrogen and oxygen atoms in total. The van der Waals surface area contributed by atoms with Crippen molar-refractivity contribution in [2.75, 3.05) is 18.0 Å². The second-order valence-corrected chi connectivity index (χ2v) is 9.89. The number of rotatable bonds is 9. The van der Waals surface area contributed by atoms with Crippen LogP contribution in [0.1, 0.15) is 53.4 Å². The summed E-state index contributed by atoms with van der Waals surface area (Å²) in [6, 6.07) is 27.4. The minimum absolute atomic E-state index is 0.112. The summed E-state index contributed by atoms with van der Waals surface area (Å²) in [7, 11) is 0. The maximum atomic E-state index is 13.4. The summed E-state index contributed by atoms with van der Waals surface area (Å²) in [4.78, 5) is 28.6. The highest BCUT2D eigenvalue weighted by Gasteiger charge is 2.18. The largest absolute Gasteiger partial charge is 0.372 e. The van der Waals surface area contributed by atoms with E-state index in [1.54, 1.807) is 30.3 Å². The van der Waals surface area contributed by atoms with Crippen molar-refractivity contribution in [1.29, 1.82) is 0 Å². The van der Waals surface area contributed by atoms with Crippen molar-refractivity contribution in [3.05, 3.63) is 118 Å². The molecule has 2 amide bonds. The lowest BCUT2D eigenvalue weighted by Gasteiger charge is -2.21. The number of anilines is 1. The zero-order valence-corrected chi connectivity index (χ0v) is 23.2. The minimum Gasteiger partial charge on any atom is -0.372 e. The molecule has 0 saturated heterocycles. The average Bonchev–Trinajstić information content (AvgIpc) is 3.42. The Hall–Kier alpha value is -4.71. The molecule has 40 heavy (non-hydrogen) atoms. The lowest BCUT2D eigenvalue weighted by Crippen LogP contribution is -2.33. The molecule has 0 heterocycles. The van der Waals surface area contributed by atoms with Gasteiger partial charge in [-0.3, -0.25) is 9.59 Å². The number of carbonyl (C=O) groups is 2. The summed E-state index contributed by atoms with van der Waals surface area (Å²) in [6.07, 6.45) is 3.77. The van der Waals surface area contributed by atoms with Gasteiger partial charge >= 0.3 is 0 Å². The molecule has 0 atom stereocenters. The van der Waals surface area contributed by atoms with Crippen molar-refractivity contribution in [1.82, 2.24) is 10.7 Å². The van der Waals surface area contributed by atoms with E-state index in [2.05, 4.69) is 64.9 Å². The minimum atomic E-state index is -0.498. The fourth-order valence-electron chi connectivity index (χ4n) is 5.30. The SMILES string of the molecule is CCN(CC)c1ccc(/C=C(/NC(=O)c2ccccc2)C(=O)N/N=C(\C)c2ccc3c4c(cccc24)CC3)cc1. The molecule has 4 aromatic carbocycles. The first kappa shape index (κ1) is 26.9. The Labute approximate surface area is 235 Å². The number of amides is 2. The topological polar surface area (TPSA) is 73.8 Å². The van der Waals surface area contributed by atoms with Crippen LogP contribution in [0.25, 0.3) is 16.8 Å². The number of hydrogen-bond donors (Lipinski definition) is 2. The Morgan fingerprint density at radius 2 is 1.55 bits per heavy atom. The van der Waals surface area contributed by atoms with E-state index in [1.807, 2.05) is 37.3 Å². The Morgan fingerprint density at radius 3 is 2.25 bits per heavy atom. The van der Waals surface area contributed by atoms with Crippen LogP contribution in [0, 0.1) is 0 Å². The number of benzene rings is 4. The Morgan fingerprint density at radius 1 is 0.850 bits per heavy atom. The van der Waals surface area contributed by atoms with Gasteiger partial charge in [0.25, 0.3) is 11.8 Å². The van der Waals surface area contributed by atoms with Gasteiger partial charge < -0.3 is 10.2 Å². The van der Waals surface area contributed by atoms with Crippen LogP contribution in [0.15, 0.2) is 95.7 Å². The number of nitrogens with one attached hydrogen (secondary N) is 2. The van der Waals surface area contributed by atoms with Crippen molar-refractivity contribution >= 4 is 40.1 Å². The lowest BCUT2D eigenvalue weighted by molar-refractivity contribution is -0.117. The van der Waals surface area contributed by atoms with Gasteiger partial charge in [-0.05, 0) is 91.4 Å². The van der Waals surface area contributed by atoms with Crippen molar-refractivity contribution in [2.45, 2.75) is 33.6 Å². The van der Waals surface area contributed by atoms with Crippen LogP contribution in [0.2, 0.25) is 0 Å². The van der Waals surface area contributed by atoms with Crippen LogP contribution in [0.4, 0.5) is 5.69 Å². The van der Waals surface area contributed by atoms with Gasteiger partial charge in [0.1, 0.15) is 5.70 Å². The Balaban J connectivity index is 1.42. The van der Waals surface area contributed by atoms with Gasteiger partial charge in [-0.2, -0.15) is 5.10 Å². The van der Waals surface area contributed by atoms with E-state index in [9.17, 15) is 9.59 Å². The quantitative estimate of drug-likeness (QED) is 0.156. The van der Waals surface area contributed by atoms with Crippen LogP contribution in [0.3, 0.4) is 0 Å². The zero-order chi connectivity index (χ0) is 28.1. The molecule has 0 spiro atoms. The third-order valence-electron chi connectivity index (χ3n) is 7.45. The summed E-state index contributed by atoms with van der Waals surface area (Å²) in [6.45, 7) is 7.93. The molecule has 1 aliphatic carbocycles. The zero-order valence-electron chi connectivity index (χ0n) is 23.2. The van der Waals surface area contributed by atoms with E-state index in [-0.39, 0.29) is 11.6 Å². The maximum absolute atomic E-state index is 13.4. The van der Waals surface area contributed by atoms with E-state index in [0.717, 1.165) is 48.1 Å². The number of hydrogen-bond acceptors (Lipinski definition) is 4. The smallest absolute Gasteiger partial charge is 0.287 e. The molecule has 1 aliphatic rings. The molecule has 0 bridgehead atoms. The van der Waals surface area contributed by atoms with E-state index >= 15 is 0 Å². The molecule has 0 aromatic heterocycles. The second-order valence-electron chi connectivity index (χ2n) is 9.89. The van der Waals surface area contributed by atoms with Crippen LogP contribution in [-0.4, -0.2) is 30.6 Å². The first-order valence-electron chi connectivity index (χ1n) is 13.8. The molecule has 0 aliphatic heterocycles. The summed E-state index contributed by atoms with van der Waals surface area (Å²) >= 11 is 0. The van der Waals surface area contributed by atoms with E-state index in [1.165, 1.54) is 16.5 Å². The van der Waals surface area contributed by atoms with Crippen LogP contribution >= 0.6 is 0 Å². The van der Waals surface area contributed by atoms with Gasteiger partial charge in [-0.15, -0.1) is 0 Å². The molecular formula is C34H34N4O2. The molecule has 0 radical (unpaired) electrons. The molecule has 202 valence electrons. The molecular weight excluding hydrogens is 496 g/mol. The number of aryl methyl sites for hydroxylation is 2. The van der Waals surface area contributed by atoms with Gasteiger partial charge in [-0.1, -0.05) is 60.7 Å². The fraction of sp³-hybridized carbons (Fsp3) is 0.206. The molecule has 5 rings (SSSR count). The summed E-state index contributed by atoms with van der Waals surface area (Å²) in [5.74, 6) is -0.864. The number of nitrogens with zero attached hydrogens (tertiary/aromatic N) is 2. The van der Waals surface area contributed by atoms with Crippen molar-refractivity contribution in [3.63, 3.8) is 0 Å². The highest BCUT2D eigenvalue weighted by molar-refractivity contribution is 6.12. The molecule has 0 saturated carbocycles. The first-order valence-corrected chi connectivity index (χ1v) is 13.8. The third kappa shape index (κ3) is 5.66. The predicted octanol–water partition coefficient (Wildman–Crippen LogP) is 6.10. The molecule has 4 aromatic rings. The van der Waals surface area contributed by atoms with Gasteiger partial charge in [-0.25, -0.2) is 5.43 Å². The normalized spacial score (nSPS) is 12.9. The number of carbonyl (C=O) groups excluding carboxylic acids is 2. The second kappa shape index (κ2) is 12.0. The van der Waals surface area contributed by atoms with Gasteiger partial charge in [0.15, 0.2) is 0 Å². The summed E-state index contributed by atoms with van der Waals surface area (Å²) in [5, 5.41) is 9.67. The third-order valence-corrected chi connectivity index (χ3v) is 7.45. The molecule has 0 unspecified atom stereocenters. The van der Waals surface area contributed by atoms with Crippen LogP contribution in [-0.2, 0) is 17.6 Å². The van der Waals surface area contributed by atoms with E-state index < -0.39 is 5.91 Å². The predicted molar refractivity (Wildman–Crippen MR) is 164 cm³/mol. The highest BCUT2D eigenvalue weighted by Crippen LogP contribution is 2.33. The average molecular weight is 531 g/mol. The van der Waals surface area contributed by atoms with Crippen LogP contribution < -0.4 is 15.6 Å². The Bertz CT molecular complexity index is 1590. The number of hydrazone groups is 1. The van der Waals surface area contributed by atoms with E-state index in [0.29, 0.717) is 11.3 Å². The summed E-state index contributed by atoms with van der Waals surface area (Å²) < 4.78 is 0. The monoisotopic (exact) mass is 530 g/mol. The Kier molecular flexibility index (Phi) is 8.06. The summed E-state index contributed by atoms with van der Waals surface area (Å²) in [5.41, 5.74) is 9.53. The molecule has 0 fully saturated rings. The highest BCUT2D eigenvalue weighted by atomic mass is 16.2. The maximum Gasteiger partial charge on any atom is 0.287 e. The first-order chi connectivity index (χ1) is 19.5.